The van der Waals surface area contributed by atoms with E-state index in [0.717, 1.165) is 31.8 Å². The molecule has 2 aromatic heterocycles. The van der Waals surface area contributed by atoms with Crippen LogP contribution in [0.1, 0.15) is 54.8 Å². The lowest BCUT2D eigenvalue weighted by Crippen LogP contribution is -2.42. The third kappa shape index (κ3) is 3.32. The second-order valence-corrected chi connectivity index (χ2v) is 8.70. The Bertz CT molecular complexity index is 887. The second-order valence-electron chi connectivity index (χ2n) is 8.70. The predicted octanol–water partition coefficient (Wildman–Crippen LogP) is 1.39. The molecule has 0 radical (unpaired) electrons. The van der Waals surface area contributed by atoms with E-state index < -0.39 is 0 Å². The van der Waals surface area contributed by atoms with Gasteiger partial charge in [-0.25, -0.2) is 4.98 Å². The third-order valence-corrected chi connectivity index (χ3v) is 6.51. The molecule has 0 aliphatic carbocycles. The zero-order valence-electron chi connectivity index (χ0n) is 16.7. The normalized spacial score (nSPS) is 30.8. The number of rotatable bonds is 6. The van der Waals surface area contributed by atoms with Crippen LogP contribution in [0.4, 0.5) is 0 Å². The summed E-state index contributed by atoms with van der Waals surface area (Å²) in [6.45, 7) is 7.15. The molecule has 9 nitrogen and oxygen atoms in total. The highest BCUT2D eigenvalue weighted by Gasteiger charge is 2.62. The van der Waals surface area contributed by atoms with Gasteiger partial charge in [-0.2, -0.15) is 4.98 Å². The van der Waals surface area contributed by atoms with E-state index in [1.54, 1.807) is 6.20 Å². The number of hydrogen-bond donors (Lipinski definition) is 1. The number of carbonyl (C=O) groups is 1. The van der Waals surface area contributed by atoms with Crippen molar-refractivity contribution in [1.82, 2.24) is 30.3 Å². The van der Waals surface area contributed by atoms with Crippen molar-refractivity contribution in [2.75, 3.05) is 19.6 Å². The van der Waals surface area contributed by atoms with Crippen molar-refractivity contribution in [2.45, 2.75) is 50.9 Å². The average Bonchev–Trinajstić information content (AvgIpc) is 3.47. The van der Waals surface area contributed by atoms with Crippen LogP contribution in [-0.4, -0.2) is 62.3 Å². The summed E-state index contributed by atoms with van der Waals surface area (Å²) in [5, 5.41) is 7.10. The van der Waals surface area contributed by atoms with Crippen LogP contribution in [0.15, 0.2) is 23.1 Å². The average molecular weight is 398 g/mol. The van der Waals surface area contributed by atoms with Gasteiger partial charge in [-0.05, 0) is 12.8 Å². The van der Waals surface area contributed by atoms with Crippen LogP contribution in [0.2, 0.25) is 0 Å². The van der Waals surface area contributed by atoms with Gasteiger partial charge in [0.25, 0.3) is 5.91 Å². The maximum Gasteiger partial charge on any atom is 0.271 e. The molecule has 0 aromatic carbocycles. The Morgan fingerprint density at radius 1 is 1.41 bits per heavy atom. The Labute approximate surface area is 169 Å². The molecule has 4 atom stereocenters. The maximum absolute atomic E-state index is 12.4. The van der Waals surface area contributed by atoms with Gasteiger partial charge < -0.3 is 14.6 Å². The number of likely N-dealkylation sites (tertiary alicyclic amines) is 1. The maximum atomic E-state index is 12.4. The molecule has 3 aliphatic rings. The lowest BCUT2D eigenvalue weighted by atomic mass is 9.73. The highest BCUT2D eigenvalue weighted by molar-refractivity contribution is 5.91. The van der Waals surface area contributed by atoms with Gasteiger partial charge >= 0.3 is 0 Å². The van der Waals surface area contributed by atoms with Crippen molar-refractivity contribution in [3.8, 4) is 0 Å². The molecule has 2 aromatic rings. The molecule has 3 saturated heterocycles. The molecule has 1 amide bonds. The van der Waals surface area contributed by atoms with Gasteiger partial charge in [0.05, 0.1) is 24.4 Å². The minimum atomic E-state index is -0.183. The van der Waals surface area contributed by atoms with Crippen LogP contribution in [0.5, 0.6) is 0 Å². The van der Waals surface area contributed by atoms with Crippen molar-refractivity contribution >= 4 is 5.91 Å². The van der Waals surface area contributed by atoms with Crippen molar-refractivity contribution < 1.29 is 14.1 Å². The van der Waals surface area contributed by atoms with Crippen LogP contribution in [0, 0.1) is 11.8 Å². The van der Waals surface area contributed by atoms with E-state index >= 15 is 0 Å². The van der Waals surface area contributed by atoms with E-state index in [1.165, 1.54) is 12.4 Å². The Morgan fingerprint density at radius 3 is 3.07 bits per heavy atom. The summed E-state index contributed by atoms with van der Waals surface area (Å²) in [5.74, 6) is 2.19. The third-order valence-electron chi connectivity index (χ3n) is 6.51. The fourth-order valence-electron chi connectivity index (χ4n) is 5.16. The number of aromatic nitrogens is 4. The number of hydrogen-bond acceptors (Lipinski definition) is 8. The molecule has 1 N–H and O–H groups in total. The Hall–Kier alpha value is -2.39. The predicted molar refractivity (Wildman–Crippen MR) is 102 cm³/mol. The molecule has 3 aliphatic heterocycles. The highest BCUT2D eigenvalue weighted by atomic mass is 16.5. The van der Waals surface area contributed by atoms with E-state index in [-0.39, 0.29) is 23.5 Å². The SMILES string of the molecule is CC(C)c1noc(CN2C[C@@H]3[C@H](CNC(=O)c4cnccn4)[C@H]4CC[C@]3(C2)O4)n1. The summed E-state index contributed by atoms with van der Waals surface area (Å²) in [7, 11) is 0. The van der Waals surface area contributed by atoms with Gasteiger partial charge in [-0.15, -0.1) is 0 Å². The zero-order valence-corrected chi connectivity index (χ0v) is 16.7. The van der Waals surface area contributed by atoms with Gasteiger partial charge in [0.1, 0.15) is 5.69 Å². The number of nitrogens with zero attached hydrogens (tertiary/aromatic N) is 5. The molecule has 154 valence electrons. The van der Waals surface area contributed by atoms with Gasteiger partial charge in [-0.3, -0.25) is 14.7 Å². The lowest BCUT2D eigenvalue weighted by Gasteiger charge is -2.29. The number of fused-ring (bicyclic) bond motifs is 1. The van der Waals surface area contributed by atoms with Crippen molar-refractivity contribution in [2.24, 2.45) is 11.8 Å². The molecule has 0 unspecified atom stereocenters. The van der Waals surface area contributed by atoms with Crippen LogP contribution in [-0.2, 0) is 11.3 Å². The summed E-state index contributed by atoms with van der Waals surface area (Å²) in [4.78, 5) is 27.3. The molecule has 5 heterocycles. The smallest absolute Gasteiger partial charge is 0.271 e. The monoisotopic (exact) mass is 398 g/mol. The highest BCUT2D eigenvalue weighted by Crippen LogP contribution is 2.54. The molecular weight excluding hydrogens is 372 g/mol. The zero-order chi connectivity index (χ0) is 20.0. The largest absolute Gasteiger partial charge is 0.370 e. The van der Waals surface area contributed by atoms with Gasteiger partial charge in [0.2, 0.25) is 5.89 Å². The molecule has 3 fully saturated rings. The Balaban J connectivity index is 1.23. The lowest BCUT2D eigenvalue weighted by molar-refractivity contribution is 0.00142. The summed E-state index contributed by atoms with van der Waals surface area (Å²) >= 11 is 0. The molecular formula is C20H26N6O3. The van der Waals surface area contributed by atoms with E-state index in [9.17, 15) is 4.79 Å². The van der Waals surface area contributed by atoms with Gasteiger partial charge in [0, 0.05) is 49.8 Å². The van der Waals surface area contributed by atoms with E-state index in [2.05, 4.69) is 44.2 Å². The standard InChI is InChI=1S/C20H26N6O3/c1-12(2)18-24-17(29-25-18)10-26-9-14-13(16-3-4-20(14,11-26)28-16)7-23-19(27)15-8-21-5-6-22-15/h5-6,8,12-14,16H,3-4,7,9-11H2,1-2H3,(H,23,27)/t13-,14+,16+,20+/m0/s1. The molecule has 9 heteroatoms. The summed E-state index contributed by atoms with van der Waals surface area (Å²) < 4.78 is 11.9. The Kier molecular flexibility index (Phi) is 4.59. The number of ether oxygens (including phenoxy) is 1. The van der Waals surface area contributed by atoms with Crippen LogP contribution in [0.3, 0.4) is 0 Å². The van der Waals surface area contributed by atoms with Crippen molar-refractivity contribution in [3.05, 3.63) is 36.0 Å². The van der Waals surface area contributed by atoms with Gasteiger partial charge in [-0.1, -0.05) is 19.0 Å². The fraction of sp³-hybridized carbons (Fsp3) is 0.650. The van der Waals surface area contributed by atoms with E-state index in [1.807, 2.05) is 0 Å². The van der Waals surface area contributed by atoms with E-state index in [0.29, 0.717) is 36.5 Å². The summed E-state index contributed by atoms with van der Waals surface area (Å²) in [6, 6.07) is 0. The molecule has 29 heavy (non-hydrogen) atoms. The molecule has 2 bridgehead atoms. The quantitative estimate of drug-likeness (QED) is 0.778. The number of carbonyl (C=O) groups excluding carboxylic acids is 1. The first kappa shape index (κ1) is 18.6. The molecule has 1 spiro atoms. The van der Waals surface area contributed by atoms with Crippen molar-refractivity contribution in [3.63, 3.8) is 0 Å². The number of amides is 1. The minimum Gasteiger partial charge on any atom is -0.370 e. The van der Waals surface area contributed by atoms with E-state index in [4.69, 9.17) is 9.26 Å². The molecule has 5 rings (SSSR count). The van der Waals surface area contributed by atoms with Crippen LogP contribution >= 0.6 is 0 Å². The topological polar surface area (TPSA) is 106 Å². The van der Waals surface area contributed by atoms with Crippen molar-refractivity contribution in [1.29, 1.82) is 0 Å². The molecule has 0 saturated carbocycles. The number of nitrogens with one attached hydrogen (secondary N) is 1. The van der Waals surface area contributed by atoms with Crippen LogP contribution < -0.4 is 5.32 Å². The summed E-state index contributed by atoms with van der Waals surface area (Å²) in [6.07, 6.45) is 6.93. The van der Waals surface area contributed by atoms with Crippen LogP contribution in [0.25, 0.3) is 0 Å². The van der Waals surface area contributed by atoms with Gasteiger partial charge in [0.15, 0.2) is 5.82 Å². The Morgan fingerprint density at radius 2 is 2.31 bits per heavy atom. The minimum absolute atomic E-state index is 0.104. The first-order valence-electron chi connectivity index (χ1n) is 10.3. The fourth-order valence-corrected chi connectivity index (χ4v) is 5.16. The summed E-state index contributed by atoms with van der Waals surface area (Å²) in [5.41, 5.74) is 0.240. The first-order chi connectivity index (χ1) is 14.0. The first-order valence-corrected chi connectivity index (χ1v) is 10.3. The second kappa shape index (κ2) is 7.14.